The summed E-state index contributed by atoms with van der Waals surface area (Å²) in [5.41, 5.74) is 2.21. The van der Waals surface area contributed by atoms with Crippen LogP contribution in [-0.2, 0) is 16.1 Å². The van der Waals surface area contributed by atoms with Gasteiger partial charge >= 0.3 is 0 Å². The van der Waals surface area contributed by atoms with Crippen LogP contribution in [0.4, 0.5) is 5.69 Å². The molecule has 31 heavy (non-hydrogen) atoms. The second kappa shape index (κ2) is 8.17. The number of carbonyl (C=O) groups excluding carboxylic acids is 2. The number of carbonyl (C=O) groups is 2. The summed E-state index contributed by atoms with van der Waals surface area (Å²) in [6, 6.07) is 23.8. The molecule has 6 heteroatoms. The van der Waals surface area contributed by atoms with Gasteiger partial charge in [0.15, 0.2) is 0 Å². The normalized spacial score (nSPS) is 17.8. The van der Waals surface area contributed by atoms with Gasteiger partial charge in [-0.25, -0.2) is 4.90 Å². The summed E-state index contributed by atoms with van der Waals surface area (Å²) in [5, 5.41) is 1.85. The topological polar surface area (TPSA) is 45.1 Å². The molecule has 2 aliphatic rings. The van der Waals surface area contributed by atoms with Crippen molar-refractivity contribution in [2.75, 3.05) is 31.1 Å². The van der Waals surface area contributed by atoms with Gasteiger partial charge in [-0.05, 0) is 11.5 Å². The molecule has 0 bridgehead atoms. The lowest BCUT2D eigenvalue weighted by Crippen LogP contribution is -3.13. The Morgan fingerprint density at radius 2 is 1.48 bits per heavy atom. The van der Waals surface area contributed by atoms with Gasteiger partial charge in [-0.1, -0.05) is 78.3 Å². The van der Waals surface area contributed by atoms with Crippen LogP contribution in [0.25, 0.3) is 10.8 Å². The monoisotopic (exact) mass is 432 g/mol. The van der Waals surface area contributed by atoms with Crippen molar-refractivity contribution in [3.8, 4) is 0 Å². The van der Waals surface area contributed by atoms with E-state index in [1.807, 2.05) is 47.4 Å². The number of anilines is 1. The van der Waals surface area contributed by atoms with Crippen LogP contribution in [0.5, 0.6) is 0 Å². The molecule has 0 atom stereocenters. The molecule has 2 aliphatic heterocycles. The molecule has 2 heterocycles. The fourth-order valence-electron chi connectivity index (χ4n) is 4.50. The van der Waals surface area contributed by atoms with Gasteiger partial charge in [0.25, 0.3) is 11.8 Å². The minimum atomic E-state index is -0.447. The Morgan fingerprint density at radius 3 is 2.26 bits per heavy atom. The molecule has 0 aliphatic carbocycles. The highest BCUT2D eigenvalue weighted by Crippen LogP contribution is 2.35. The second-order valence-electron chi connectivity index (χ2n) is 8.01. The molecule has 5 rings (SSSR count). The number of benzene rings is 3. The molecule has 1 saturated heterocycles. The molecule has 5 nitrogen and oxygen atoms in total. The SMILES string of the molecule is O=C1C(Cl)=C(N2CC[NH+](Cc3ccccc3)CC2)C(=O)N1c1cccc2ccccc12. The van der Waals surface area contributed by atoms with E-state index in [2.05, 4.69) is 24.3 Å². The summed E-state index contributed by atoms with van der Waals surface area (Å²) >= 11 is 6.44. The van der Waals surface area contributed by atoms with E-state index in [1.54, 1.807) is 6.07 Å². The van der Waals surface area contributed by atoms with Crippen molar-refractivity contribution in [1.82, 2.24) is 4.90 Å². The molecular formula is C25H23ClN3O2+. The van der Waals surface area contributed by atoms with Gasteiger partial charge in [-0.2, -0.15) is 0 Å². The van der Waals surface area contributed by atoms with Crippen LogP contribution in [0.3, 0.4) is 0 Å². The Balaban J connectivity index is 1.35. The largest absolute Gasteiger partial charge is 0.354 e. The van der Waals surface area contributed by atoms with E-state index in [0.717, 1.165) is 30.4 Å². The minimum absolute atomic E-state index is 0.0180. The van der Waals surface area contributed by atoms with Crippen LogP contribution in [0.1, 0.15) is 5.56 Å². The first-order chi connectivity index (χ1) is 15.1. The number of fused-ring (bicyclic) bond motifs is 1. The Labute approximate surface area is 186 Å². The third-order valence-electron chi connectivity index (χ3n) is 6.10. The summed E-state index contributed by atoms with van der Waals surface area (Å²) in [5.74, 6) is -0.782. The first-order valence-corrected chi connectivity index (χ1v) is 10.9. The number of quaternary nitrogens is 1. The quantitative estimate of drug-likeness (QED) is 0.644. The van der Waals surface area contributed by atoms with E-state index in [1.165, 1.54) is 15.4 Å². The van der Waals surface area contributed by atoms with Crippen LogP contribution < -0.4 is 9.80 Å². The molecule has 3 aromatic rings. The minimum Gasteiger partial charge on any atom is -0.354 e. The van der Waals surface area contributed by atoms with E-state index in [9.17, 15) is 9.59 Å². The zero-order valence-corrected chi connectivity index (χ0v) is 17.8. The highest BCUT2D eigenvalue weighted by Gasteiger charge is 2.42. The Hall–Kier alpha value is -3.15. The van der Waals surface area contributed by atoms with Crippen molar-refractivity contribution in [3.63, 3.8) is 0 Å². The smallest absolute Gasteiger partial charge is 0.283 e. The maximum Gasteiger partial charge on any atom is 0.283 e. The molecule has 0 radical (unpaired) electrons. The van der Waals surface area contributed by atoms with Gasteiger partial charge in [0.05, 0.1) is 31.9 Å². The van der Waals surface area contributed by atoms with Crippen molar-refractivity contribution in [2.45, 2.75) is 6.54 Å². The average molecular weight is 433 g/mol. The van der Waals surface area contributed by atoms with Crippen LogP contribution >= 0.6 is 11.6 Å². The number of hydrogen-bond donors (Lipinski definition) is 1. The van der Waals surface area contributed by atoms with Gasteiger partial charge in [0.1, 0.15) is 17.3 Å². The van der Waals surface area contributed by atoms with E-state index in [0.29, 0.717) is 24.5 Å². The molecule has 0 aromatic heterocycles. The third kappa shape index (κ3) is 3.60. The first-order valence-electron chi connectivity index (χ1n) is 10.5. The van der Waals surface area contributed by atoms with Gasteiger partial charge in [0, 0.05) is 10.9 Å². The molecule has 0 spiro atoms. The molecular weight excluding hydrogens is 410 g/mol. The summed E-state index contributed by atoms with van der Waals surface area (Å²) in [6.07, 6.45) is 0. The molecule has 2 amide bonds. The van der Waals surface area contributed by atoms with E-state index < -0.39 is 5.91 Å². The number of amides is 2. The van der Waals surface area contributed by atoms with E-state index >= 15 is 0 Å². The Kier molecular flexibility index (Phi) is 5.22. The zero-order valence-electron chi connectivity index (χ0n) is 17.1. The summed E-state index contributed by atoms with van der Waals surface area (Å²) in [6.45, 7) is 4.11. The molecule has 0 saturated carbocycles. The number of imide groups is 1. The van der Waals surface area contributed by atoms with Crippen molar-refractivity contribution >= 4 is 39.9 Å². The molecule has 3 aromatic carbocycles. The predicted octanol–water partition coefficient (Wildman–Crippen LogP) is 2.56. The van der Waals surface area contributed by atoms with E-state index in [4.69, 9.17) is 11.6 Å². The fraction of sp³-hybridized carbons (Fsp3) is 0.200. The lowest BCUT2D eigenvalue weighted by molar-refractivity contribution is -0.917. The summed E-state index contributed by atoms with van der Waals surface area (Å²) in [4.78, 5) is 31.0. The number of halogens is 1. The zero-order chi connectivity index (χ0) is 21.4. The second-order valence-corrected chi connectivity index (χ2v) is 8.38. The van der Waals surface area contributed by atoms with Gasteiger partial charge in [0.2, 0.25) is 0 Å². The number of nitrogens with one attached hydrogen (secondary N) is 1. The molecule has 156 valence electrons. The Morgan fingerprint density at radius 1 is 0.806 bits per heavy atom. The first kappa shape index (κ1) is 19.8. The lowest BCUT2D eigenvalue weighted by atomic mass is 10.1. The molecule has 1 fully saturated rings. The van der Waals surface area contributed by atoms with Crippen LogP contribution in [0.15, 0.2) is 83.5 Å². The van der Waals surface area contributed by atoms with Crippen molar-refractivity contribution < 1.29 is 14.5 Å². The number of hydrogen-bond acceptors (Lipinski definition) is 3. The van der Waals surface area contributed by atoms with Crippen molar-refractivity contribution in [3.05, 3.63) is 89.1 Å². The third-order valence-corrected chi connectivity index (χ3v) is 6.44. The molecule has 0 unspecified atom stereocenters. The number of rotatable bonds is 4. The van der Waals surface area contributed by atoms with Crippen LogP contribution in [0.2, 0.25) is 0 Å². The standard InChI is InChI=1S/C25H22ClN3O2/c26-22-23(28-15-13-27(14-16-28)17-18-7-2-1-3-8-18)25(31)29(24(22)30)21-12-6-10-19-9-4-5-11-20(19)21/h1-12H,13-17H2/p+1. The van der Waals surface area contributed by atoms with Gasteiger partial charge in [-0.15, -0.1) is 0 Å². The average Bonchev–Trinajstić information content (AvgIpc) is 3.03. The highest BCUT2D eigenvalue weighted by atomic mass is 35.5. The maximum atomic E-state index is 13.4. The van der Waals surface area contributed by atoms with E-state index in [-0.39, 0.29) is 10.9 Å². The number of piperazine rings is 1. The van der Waals surface area contributed by atoms with Crippen molar-refractivity contribution in [1.29, 1.82) is 0 Å². The predicted molar refractivity (Wildman–Crippen MR) is 122 cm³/mol. The highest BCUT2D eigenvalue weighted by molar-refractivity contribution is 6.53. The Bertz CT molecular complexity index is 1180. The van der Waals surface area contributed by atoms with Crippen LogP contribution in [0, 0.1) is 0 Å². The van der Waals surface area contributed by atoms with Crippen LogP contribution in [-0.4, -0.2) is 42.9 Å². The van der Waals surface area contributed by atoms with Gasteiger partial charge < -0.3 is 9.80 Å². The summed E-state index contributed by atoms with van der Waals surface area (Å²) in [7, 11) is 0. The summed E-state index contributed by atoms with van der Waals surface area (Å²) < 4.78 is 0. The fourth-order valence-corrected chi connectivity index (χ4v) is 4.78. The maximum absolute atomic E-state index is 13.4. The number of nitrogens with zero attached hydrogens (tertiary/aromatic N) is 2. The van der Waals surface area contributed by atoms with Crippen molar-refractivity contribution in [2.24, 2.45) is 0 Å². The molecule has 1 N–H and O–H groups in total. The lowest BCUT2D eigenvalue weighted by Gasteiger charge is -2.34. The van der Waals surface area contributed by atoms with Gasteiger partial charge in [-0.3, -0.25) is 9.59 Å².